The van der Waals surface area contributed by atoms with E-state index in [2.05, 4.69) is 15.1 Å². The monoisotopic (exact) mass is 617 g/mol. The van der Waals surface area contributed by atoms with E-state index in [0.717, 1.165) is 67.8 Å². The second-order valence-corrected chi connectivity index (χ2v) is 12.2. The molecule has 1 atom stereocenters. The maximum atomic E-state index is 12.7. The van der Waals surface area contributed by atoms with Crippen LogP contribution in [0, 0.1) is 0 Å². The highest BCUT2D eigenvalue weighted by Gasteiger charge is 2.22. The average molecular weight is 618 g/mol. The molecular formula is C37H51N3O5. The minimum absolute atomic E-state index is 0.0382. The average Bonchev–Trinajstić information content (AvgIpc) is 3.05. The lowest BCUT2D eigenvalue weighted by molar-refractivity contribution is 0.0584. The fraction of sp³-hybridized carbons (Fsp3) is 0.486. The Hall–Kier alpha value is -3.59. The number of aromatic hydroxyl groups is 1. The van der Waals surface area contributed by atoms with Crippen LogP contribution in [0.5, 0.6) is 11.5 Å². The van der Waals surface area contributed by atoms with Crippen LogP contribution in [0.3, 0.4) is 0 Å². The number of hydrogen-bond donors (Lipinski definition) is 3. The van der Waals surface area contributed by atoms with Gasteiger partial charge < -0.3 is 29.5 Å². The zero-order valence-corrected chi connectivity index (χ0v) is 27.0. The summed E-state index contributed by atoms with van der Waals surface area (Å²) in [6.45, 7) is 4.56. The fourth-order valence-corrected chi connectivity index (χ4v) is 6.00. The van der Waals surface area contributed by atoms with Crippen molar-refractivity contribution in [1.82, 2.24) is 9.80 Å². The Labute approximate surface area is 269 Å². The van der Waals surface area contributed by atoms with Gasteiger partial charge in [0.2, 0.25) is 0 Å². The molecule has 3 N–H and O–H groups in total. The van der Waals surface area contributed by atoms with Gasteiger partial charge in [-0.3, -0.25) is 5.32 Å². The van der Waals surface area contributed by atoms with E-state index in [1.165, 1.54) is 45.6 Å². The number of carbonyl (C=O) groups excluding carboxylic acids is 1. The SMILES string of the molecule is COc1cc(C(O)CN(C)CCCCCCCCCN2CCC(OC(=O)Nc3ccccc3-c3ccccc3)CC2)ccc1O. The number of aliphatic hydroxyl groups is 1. The van der Waals surface area contributed by atoms with Crippen molar-refractivity contribution in [2.24, 2.45) is 0 Å². The number of rotatable bonds is 17. The van der Waals surface area contributed by atoms with Crippen molar-refractivity contribution >= 4 is 11.8 Å². The quantitative estimate of drug-likeness (QED) is 0.135. The number of likely N-dealkylation sites (N-methyl/N-ethyl adjacent to an activating group) is 1. The molecule has 0 aromatic heterocycles. The van der Waals surface area contributed by atoms with Crippen LogP contribution >= 0.6 is 0 Å². The number of carbonyl (C=O) groups is 1. The lowest BCUT2D eigenvalue weighted by atomic mass is 10.0. The van der Waals surface area contributed by atoms with Gasteiger partial charge in [0.05, 0.1) is 18.9 Å². The maximum absolute atomic E-state index is 12.7. The molecule has 45 heavy (non-hydrogen) atoms. The number of likely N-dealkylation sites (tertiary alicyclic amines) is 1. The molecule has 1 fully saturated rings. The van der Waals surface area contributed by atoms with Crippen LogP contribution in [0.1, 0.15) is 69.5 Å². The smallest absolute Gasteiger partial charge is 0.411 e. The summed E-state index contributed by atoms with van der Waals surface area (Å²) in [5.74, 6) is 0.462. The number of anilines is 1. The van der Waals surface area contributed by atoms with Crippen molar-refractivity contribution in [2.75, 3.05) is 52.2 Å². The second-order valence-electron chi connectivity index (χ2n) is 12.2. The van der Waals surface area contributed by atoms with E-state index in [-0.39, 0.29) is 17.9 Å². The molecule has 8 nitrogen and oxygen atoms in total. The number of phenols is 1. The summed E-state index contributed by atoms with van der Waals surface area (Å²) in [4.78, 5) is 17.3. The minimum atomic E-state index is -0.615. The van der Waals surface area contributed by atoms with Crippen LogP contribution in [0.2, 0.25) is 0 Å². The molecule has 4 rings (SSSR count). The molecule has 1 unspecified atom stereocenters. The molecule has 0 saturated carbocycles. The van der Waals surface area contributed by atoms with Gasteiger partial charge in [-0.05, 0) is 75.1 Å². The van der Waals surface area contributed by atoms with Crippen LogP contribution in [-0.2, 0) is 4.74 Å². The number of methoxy groups -OCH3 is 1. The number of nitrogens with zero attached hydrogens (tertiary/aromatic N) is 2. The zero-order valence-electron chi connectivity index (χ0n) is 27.0. The Morgan fingerprint density at radius 1 is 0.933 bits per heavy atom. The third-order valence-electron chi connectivity index (χ3n) is 8.64. The number of ether oxygens (including phenoxy) is 2. The lowest BCUT2D eigenvalue weighted by Crippen LogP contribution is -2.38. The number of aliphatic hydroxyl groups excluding tert-OH is 1. The number of unbranched alkanes of at least 4 members (excludes halogenated alkanes) is 6. The Morgan fingerprint density at radius 3 is 2.33 bits per heavy atom. The van der Waals surface area contributed by atoms with Crippen LogP contribution in [0.4, 0.5) is 10.5 Å². The van der Waals surface area contributed by atoms with Gasteiger partial charge in [0.1, 0.15) is 6.10 Å². The number of amides is 1. The molecule has 3 aromatic carbocycles. The van der Waals surface area contributed by atoms with Crippen molar-refractivity contribution in [1.29, 1.82) is 0 Å². The summed E-state index contributed by atoms with van der Waals surface area (Å²) in [6.07, 6.45) is 9.28. The van der Waals surface area contributed by atoms with E-state index < -0.39 is 6.10 Å². The number of benzene rings is 3. The molecule has 8 heteroatoms. The number of para-hydroxylation sites is 1. The predicted molar refractivity (Wildman–Crippen MR) is 181 cm³/mol. The summed E-state index contributed by atoms with van der Waals surface area (Å²) >= 11 is 0. The summed E-state index contributed by atoms with van der Waals surface area (Å²) in [5, 5.41) is 23.3. The molecule has 0 radical (unpaired) electrons. The third kappa shape index (κ3) is 11.4. The van der Waals surface area contributed by atoms with E-state index >= 15 is 0 Å². The normalized spacial score (nSPS) is 14.8. The number of hydrogen-bond acceptors (Lipinski definition) is 7. The summed E-state index contributed by atoms with van der Waals surface area (Å²) in [7, 11) is 3.55. The van der Waals surface area contributed by atoms with Gasteiger partial charge in [0, 0.05) is 25.2 Å². The molecule has 1 saturated heterocycles. The largest absolute Gasteiger partial charge is 0.504 e. The van der Waals surface area contributed by atoms with Crippen molar-refractivity contribution in [3.63, 3.8) is 0 Å². The molecule has 244 valence electrons. The molecule has 3 aromatic rings. The first-order chi connectivity index (χ1) is 21.9. The van der Waals surface area contributed by atoms with Crippen molar-refractivity contribution in [2.45, 2.75) is 70.0 Å². The van der Waals surface area contributed by atoms with E-state index in [9.17, 15) is 15.0 Å². The number of nitrogens with one attached hydrogen (secondary N) is 1. The minimum Gasteiger partial charge on any atom is -0.504 e. The third-order valence-corrected chi connectivity index (χ3v) is 8.64. The summed E-state index contributed by atoms with van der Waals surface area (Å²) < 4.78 is 10.9. The molecule has 1 heterocycles. The Bertz CT molecular complexity index is 1300. The zero-order chi connectivity index (χ0) is 31.9. The van der Waals surface area contributed by atoms with Crippen LogP contribution < -0.4 is 10.1 Å². The standard InChI is InChI=1S/C37H51N3O5/c1-39(28-35(42)30-19-20-34(41)36(27-30)44-2)23-13-6-4-3-5-7-14-24-40-25-21-31(22-26-40)45-37(43)38-33-18-12-11-17-32(33)29-15-9-8-10-16-29/h8-12,15-20,27,31,35,41-42H,3-7,13-14,21-26,28H2,1-2H3,(H,38,43). The predicted octanol–water partition coefficient (Wildman–Crippen LogP) is 7.48. The van der Waals surface area contributed by atoms with Gasteiger partial charge in [0.15, 0.2) is 11.5 Å². The molecular weight excluding hydrogens is 566 g/mol. The van der Waals surface area contributed by atoms with Crippen LogP contribution in [0.25, 0.3) is 11.1 Å². The van der Waals surface area contributed by atoms with Crippen LogP contribution in [-0.4, -0.2) is 79.1 Å². The van der Waals surface area contributed by atoms with E-state index in [1.54, 1.807) is 18.2 Å². The van der Waals surface area contributed by atoms with E-state index in [0.29, 0.717) is 12.3 Å². The van der Waals surface area contributed by atoms with Crippen molar-refractivity contribution < 1.29 is 24.5 Å². The first-order valence-corrected chi connectivity index (χ1v) is 16.5. The molecule has 1 amide bonds. The highest BCUT2D eigenvalue weighted by molar-refractivity contribution is 5.91. The van der Waals surface area contributed by atoms with Crippen molar-refractivity contribution in [3.8, 4) is 22.6 Å². The van der Waals surface area contributed by atoms with Gasteiger partial charge in [-0.1, -0.05) is 86.7 Å². The highest BCUT2D eigenvalue weighted by Crippen LogP contribution is 2.30. The van der Waals surface area contributed by atoms with E-state index in [4.69, 9.17) is 9.47 Å². The van der Waals surface area contributed by atoms with E-state index in [1.807, 2.05) is 61.6 Å². The molecule has 0 bridgehead atoms. The Morgan fingerprint density at radius 2 is 1.60 bits per heavy atom. The first kappa shape index (κ1) is 34.3. The van der Waals surface area contributed by atoms with Gasteiger partial charge in [-0.25, -0.2) is 4.79 Å². The van der Waals surface area contributed by atoms with Gasteiger partial charge in [-0.15, -0.1) is 0 Å². The topological polar surface area (TPSA) is 94.5 Å². The van der Waals surface area contributed by atoms with Crippen LogP contribution in [0.15, 0.2) is 72.8 Å². The summed E-state index contributed by atoms with van der Waals surface area (Å²) in [5.41, 5.74) is 3.56. The van der Waals surface area contributed by atoms with Crippen molar-refractivity contribution in [3.05, 3.63) is 78.4 Å². The molecule has 0 aliphatic carbocycles. The molecule has 0 spiro atoms. The lowest BCUT2D eigenvalue weighted by Gasteiger charge is -2.31. The maximum Gasteiger partial charge on any atom is 0.411 e. The molecule has 1 aliphatic rings. The van der Waals surface area contributed by atoms with Gasteiger partial charge in [0.25, 0.3) is 0 Å². The van der Waals surface area contributed by atoms with Gasteiger partial charge in [-0.2, -0.15) is 0 Å². The fourth-order valence-electron chi connectivity index (χ4n) is 6.00. The van der Waals surface area contributed by atoms with Gasteiger partial charge >= 0.3 is 6.09 Å². The second kappa shape index (κ2) is 18.4. The Kier molecular flexibility index (Phi) is 14.0. The number of phenolic OH excluding ortho intramolecular Hbond substituents is 1. The first-order valence-electron chi connectivity index (χ1n) is 16.5. The molecule has 1 aliphatic heterocycles. The highest BCUT2D eigenvalue weighted by atomic mass is 16.6. The Balaban J connectivity index is 1.00. The number of piperidine rings is 1. The summed E-state index contributed by atoms with van der Waals surface area (Å²) in [6, 6.07) is 22.9.